The SMILES string of the molecule is O=C(NC(Cc1ccccc1)C(=O)Nc1nnc(-c2cccc(Cl)c2)s1)c1cccc(Cl)c1. The van der Waals surface area contributed by atoms with Crippen molar-refractivity contribution < 1.29 is 9.59 Å². The zero-order valence-corrected chi connectivity index (χ0v) is 19.5. The Morgan fingerprint density at radius 3 is 2.33 bits per heavy atom. The van der Waals surface area contributed by atoms with Crippen LogP contribution in [0.3, 0.4) is 0 Å². The maximum absolute atomic E-state index is 13.1. The molecule has 1 unspecified atom stereocenters. The lowest BCUT2D eigenvalue weighted by atomic mass is 10.0. The van der Waals surface area contributed by atoms with Crippen molar-refractivity contribution in [2.75, 3.05) is 5.32 Å². The van der Waals surface area contributed by atoms with Crippen LogP contribution in [0.5, 0.6) is 0 Å². The lowest BCUT2D eigenvalue weighted by molar-refractivity contribution is -0.118. The van der Waals surface area contributed by atoms with Gasteiger partial charge in [-0.2, -0.15) is 0 Å². The standard InChI is InChI=1S/C24H18Cl2N4O2S/c25-18-10-4-8-16(13-18)21(31)27-20(12-15-6-2-1-3-7-15)22(32)28-24-30-29-23(33-24)17-9-5-11-19(26)14-17/h1-11,13-14,20H,12H2,(H,27,31)(H,28,30,32). The van der Waals surface area contributed by atoms with Crippen LogP contribution in [0.1, 0.15) is 15.9 Å². The first-order valence-corrected chi connectivity index (χ1v) is 11.6. The van der Waals surface area contributed by atoms with Crippen LogP contribution in [0.4, 0.5) is 5.13 Å². The molecule has 0 radical (unpaired) electrons. The number of rotatable bonds is 7. The molecule has 0 bridgehead atoms. The first kappa shape index (κ1) is 22.9. The molecule has 2 N–H and O–H groups in total. The smallest absolute Gasteiger partial charge is 0.251 e. The van der Waals surface area contributed by atoms with Gasteiger partial charge in [0.15, 0.2) is 0 Å². The molecule has 4 rings (SSSR count). The first-order valence-electron chi connectivity index (χ1n) is 9.98. The Hall–Kier alpha value is -3.26. The molecule has 0 spiro atoms. The number of aromatic nitrogens is 2. The lowest BCUT2D eigenvalue weighted by Crippen LogP contribution is -2.45. The van der Waals surface area contributed by atoms with Gasteiger partial charge < -0.3 is 5.32 Å². The zero-order chi connectivity index (χ0) is 23.2. The molecular weight excluding hydrogens is 479 g/mol. The summed E-state index contributed by atoms with van der Waals surface area (Å²) >= 11 is 13.3. The van der Waals surface area contributed by atoms with Gasteiger partial charge in [0.25, 0.3) is 5.91 Å². The third-order valence-corrected chi connectivity index (χ3v) is 6.08. The number of carbonyl (C=O) groups excluding carboxylic acids is 2. The quantitative estimate of drug-likeness (QED) is 0.354. The average Bonchev–Trinajstić information content (AvgIpc) is 3.28. The highest BCUT2D eigenvalue weighted by atomic mass is 35.5. The summed E-state index contributed by atoms with van der Waals surface area (Å²) in [6, 6.07) is 22.4. The van der Waals surface area contributed by atoms with E-state index in [-0.39, 0.29) is 0 Å². The Kier molecular flexibility index (Phi) is 7.34. The van der Waals surface area contributed by atoms with Crippen molar-refractivity contribution in [2.24, 2.45) is 0 Å². The predicted octanol–water partition coefficient (Wildman–Crippen LogP) is 5.49. The number of benzene rings is 3. The fourth-order valence-electron chi connectivity index (χ4n) is 3.13. The molecule has 0 fully saturated rings. The molecule has 6 nitrogen and oxygen atoms in total. The van der Waals surface area contributed by atoms with Gasteiger partial charge in [-0.05, 0) is 35.9 Å². The minimum absolute atomic E-state index is 0.304. The first-order chi connectivity index (χ1) is 16.0. The van der Waals surface area contributed by atoms with Crippen LogP contribution in [0, 0.1) is 0 Å². The Morgan fingerprint density at radius 1 is 0.879 bits per heavy atom. The Labute approximate surface area is 204 Å². The van der Waals surface area contributed by atoms with Gasteiger partial charge in [-0.15, -0.1) is 10.2 Å². The van der Waals surface area contributed by atoms with E-state index in [0.717, 1.165) is 11.1 Å². The molecule has 0 aliphatic heterocycles. The van der Waals surface area contributed by atoms with Crippen LogP contribution in [0.15, 0.2) is 78.9 Å². The molecule has 0 aliphatic rings. The molecular formula is C24H18Cl2N4O2S. The normalized spacial score (nSPS) is 11.6. The van der Waals surface area contributed by atoms with E-state index < -0.39 is 17.9 Å². The zero-order valence-electron chi connectivity index (χ0n) is 17.2. The van der Waals surface area contributed by atoms with Gasteiger partial charge >= 0.3 is 0 Å². The summed E-state index contributed by atoms with van der Waals surface area (Å²) in [4.78, 5) is 25.9. The van der Waals surface area contributed by atoms with Crippen LogP contribution >= 0.6 is 34.5 Å². The molecule has 0 saturated heterocycles. The number of nitrogens with one attached hydrogen (secondary N) is 2. The molecule has 1 atom stereocenters. The number of anilines is 1. The summed E-state index contributed by atoms with van der Waals surface area (Å²) in [5.41, 5.74) is 2.07. The molecule has 1 aromatic heterocycles. The minimum atomic E-state index is -0.836. The van der Waals surface area contributed by atoms with Crippen molar-refractivity contribution in [1.82, 2.24) is 15.5 Å². The average molecular weight is 497 g/mol. The van der Waals surface area contributed by atoms with E-state index in [1.54, 1.807) is 36.4 Å². The summed E-state index contributed by atoms with van der Waals surface area (Å²) in [6.45, 7) is 0. The van der Waals surface area contributed by atoms with Gasteiger partial charge in [0.2, 0.25) is 11.0 Å². The maximum atomic E-state index is 13.1. The number of carbonyl (C=O) groups is 2. The molecule has 2 amide bonds. The summed E-state index contributed by atoms with van der Waals surface area (Å²) in [6.07, 6.45) is 0.304. The second-order valence-electron chi connectivity index (χ2n) is 7.14. The summed E-state index contributed by atoms with van der Waals surface area (Å²) < 4.78 is 0. The van der Waals surface area contributed by atoms with Gasteiger partial charge in [0.05, 0.1) is 0 Å². The number of halogens is 2. The molecule has 9 heteroatoms. The molecule has 0 saturated carbocycles. The topological polar surface area (TPSA) is 84.0 Å². The summed E-state index contributed by atoms with van der Waals surface area (Å²) in [7, 11) is 0. The van der Waals surface area contributed by atoms with Crippen molar-refractivity contribution in [1.29, 1.82) is 0 Å². The minimum Gasteiger partial charge on any atom is -0.340 e. The lowest BCUT2D eigenvalue weighted by Gasteiger charge is -2.18. The highest BCUT2D eigenvalue weighted by Crippen LogP contribution is 2.28. The third-order valence-electron chi connectivity index (χ3n) is 4.72. The van der Waals surface area contributed by atoms with E-state index >= 15 is 0 Å². The molecule has 166 valence electrons. The summed E-state index contributed by atoms with van der Waals surface area (Å²) in [5, 5.41) is 15.7. The van der Waals surface area contributed by atoms with Crippen molar-refractivity contribution >= 4 is 51.5 Å². The van der Waals surface area contributed by atoms with Gasteiger partial charge in [-0.3, -0.25) is 14.9 Å². The van der Waals surface area contributed by atoms with E-state index in [9.17, 15) is 9.59 Å². The second kappa shape index (κ2) is 10.6. The van der Waals surface area contributed by atoms with Crippen molar-refractivity contribution in [3.8, 4) is 10.6 Å². The van der Waals surface area contributed by atoms with E-state index in [4.69, 9.17) is 23.2 Å². The third kappa shape index (κ3) is 6.16. The number of nitrogens with zero attached hydrogens (tertiary/aromatic N) is 2. The van der Waals surface area contributed by atoms with Gasteiger partial charge in [0.1, 0.15) is 11.0 Å². The monoisotopic (exact) mass is 496 g/mol. The van der Waals surface area contributed by atoms with Crippen molar-refractivity contribution in [3.05, 3.63) is 100 Å². The predicted molar refractivity (Wildman–Crippen MR) is 132 cm³/mol. The van der Waals surface area contributed by atoms with Crippen LogP contribution in [0.2, 0.25) is 10.0 Å². The Morgan fingerprint density at radius 2 is 1.61 bits per heavy atom. The maximum Gasteiger partial charge on any atom is 0.251 e. The van der Waals surface area contributed by atoms with Crippen LogP contribution in [-0.4, -0.2) is 28.1 Å². The van der Waals surface area contributed by atoms with E-state index in [0.29, 0.717) is 32.2 Å². The highest BCUT2D eigenvalue weighted by molar-refractivity contribution is 7.18. The number of amides is 2. The van der Waals surface area contributed by atoms with Crippen molar-refractivity contribution in [2.45, 2.75) is 12.5 Å². The van der Waals surface area contributed by atoms with Crippen LogP contribution in [0.25, 0.3) is 10.6 Å². The fraction of sp³-hybridized carbons (Fsp3) is 0.0833. The molecule has 33 heavy (non-hydrogen) atoms. The molecule has 3 aromatic carbocycles. The van der Waals surface area contributed by atoms with Crippen LogP contribution in [-0.2, 0) is 11.2 Å². The van der Waals surface area contributed by atoms with Crippen molar-refractivity contribution in [3.63, 3.8) is 0 Å². The fourth-order valence-corrected chi connectivity index (χ4v) is 4.26. The number of hydrogen-bond donors (Lipinski definition) is 2. The van der Waals surface area contributed by atoms with Gasteiger partial charge in [-0.25, -0.2) is 0 Å². The number of hydrogen-bond acceptors (Lipinski definition) is 5. The molecule has 4 aromatic rings. The van der Waals surface area contributed by atoms with Gasteiger partial charge in [0, 0.05) is 27.6 Å². The van der Waals surface area contributed by atoms with Crippen LogP contribution < -0.4 is 10.6 Å². The van der Waals surface area contributed by atoms with E-state index in [2.05, 4.69) is 20.8 Å². The Balaban J connectivity index is 1.52. The molecule has 1 heterocycles. The second-order valence-corrected chi connectivity index (χ2v) is 8.99. The van der Waals surface area contributed by atoms with Gasteiger partial charge in [-0.1, -0.05) is 83.1 Å². The summed E-state index contributed by atoms with van der Waals surface area (Å²) in [5.74, 6) is -0.798. The molecule has 0 aliphatic carbocycles. The van der Waals surface area contributed by atoms with E-state index in [1.165, 1.54) is 11.3 Å². The Bertz CT molecular complexity index is 1280. The van der Waals surface area contributed by atoms with E-state index in [1.807, 2.05) is 42.5 Å². The largest absolute Gasteiger partial charge is 0.340 e. The highest BCUT2D eigenvalue weighted by Gasteiger charge is 2.23.